The zero-order valence-corrected chi connectivity index (χ0v) is 18.0. The fourth-order valence-corrected chi connectivity index (χ4v) is 5.15. The van der Waals surface area contributed by atoms with Gasteiger partial charge in [-0.2, -0.15) is 0 Å². The van der Waals surface area contributed by atoms with Crippen LogP contribution in [0.4, 0.5) is 0 Å². The Balaban J connectivity index is 1.30. The monoisotopic (exact) mass is 422 g/mol. The summed E-state index contributed by atoms with van der Waals surface area (Å²) in [6.45, 7) is 3.28. The van der Waals surface area contributed by atoms with Crippen LogP contribution in [0.2, 0.25) is 0 Å². The first-order valence-corrected chi connectivity index (χ1v) is 11.4. The van der Waals surface area contributed by atoms with Gasteiger partial charge in [-0.25, -0.2) is 0 Å². The van der Waals surface area contributed by atoms with Gasteiger partial charge in [-0.05, 0) is 59.6 Å². The van der Waals surface area contributed by atoms with Crippen LogP contribution in [0.15, 0.2) is 78.9 Å². The Morgan fingerprint density at radius 2 is 1.50 bits per heavy atom. The van der Waals surface area contributed by atoms with Gasteiger partial charge in [0.25, 0.3) is 5.91 Å². The summed E-state index contributed by atoms with van der Waals surface area (Å²) in [5.74, 6) is 1.03. The zero-order chi connectivity index (χ0) is 21.5. The van der Waals surface area contributed by atoms with E-state index in [2.05, 4.69) is 53.9 Å². The SMILES string of the molecule is O=C(c1ccc(C2=CC3(CCNCC3)Oc3ccccc32)cc1)N1Cc2ccccc2C1. The van der Waals surface area contributed by atoms with Gasteiger partial charge in [0, 0.05) is 37.1 Å². The van der Waals surface area contributed by atoms with E-state index in [1.807, 2.05) is 35.2 Å². The molecule has 0 atom stereocenters. The number of amides is 1. The summed E-state index contributed by atoms with van der Waals surface area (Å²) >= 11 is 0. The molecule has 0 saturated carbocycles. The number of carbonyl (C=O) groups is 1. The van der Waals surface area contributed by atoms with E-state index in [1.54, 1.807) is 0 Å². The van der Waals surface area contributed by atoms with E-state index in [9.17, 15) is 4.79 Å². The van der Waals surface area contributed by atoms with Crippen molar-refractivity contribution in [2.45, 2.75) is 31.5 Å². The molecule has 0 bridgehead atoms. The first kappa shape index (κ1) is 19.3. The predicted molar refractivity (Wildman–Crippen MR) is 125 cm³/mol. The van der Waals surface area contributed by atoms with Crippen LogP contribution in [0.25, 0.3) is 5.57 Å². The van der Waals surface area contributed by atoms with Crippen molar-refractivity contribution in [3.63, 3.8) is 0 Å². The van der Waals surface area contributed by atoms with Gasteiger partial charge in [-0.3, -0.25) is 4.79 Å². The van der Waals surface area contributed by atoms with E-state index in [4.69, 9.17) is 4.74 Å². The van der Waals surface area contributed by atoms with Crippen molar-refractivity contribution in [3.8, 4) is 5.75 Å². The van der Waals surface area contributed by atoms with E-state index in [0.29, 0.717) is 13.1 Å². The molecule has 4 heteroatoms. The summed E-state index contributed by atoms with van der Waals surface area (Å²) in [4.78, 5) is 15.1. The van der Waals surface area contributed by atoms with Crippen LogP contribution in [0.3, 0.4) is 0 Å². The molecular formula is C28H26N2O2. The maximum absolute atomic E-state index is 13.1. The molecule has 0 aromatic heterocycles. The van der Waals surface area contributed by atoms with Gasteiger partial charge in [0.05, 0.1) is 0 Å². The molecule has 0 unspecified atom stereocenters. The summed E-state index contributed by atoms with van der Waals surface area (Å²) in [6, 6.07) is 24.7. The van der Waals surface area contributed by atoms with Crippen molar-refractivity contribution in [1.82, 2.24) is 10.2 Å². The smallest absolute Gasteiger partial charge is 0.254 e. The number of rotatable bonds is 2. The van der Waals surface area contributed by atoms with Gasteiger partial charge >= 0.3 is 0 Å². The maximum atomic E-state index is 13.1. The van der Waals surface area contributed by atoms with Gasteiger partial charge in [0.15, 0.2) is 0 Å². The molecule has 1 saturated heterocycles. The molecule has 1 N–H and O–H groups in total. The van der Waals surface area contributed by atoms with Gasteiger partial charge in [0.1, 0.15) is 11.4 Å². The minimum Gasteiger partial charge on any atom is -0.482 e. The molecule has 6 rings (SSSR count). The molecule has 3 aromatic carbocycles. The fraction of sp³-hybridized carbons (Fsp3) is 0.250. The Morgan fingerprint density at radius 1 is 0.844 bits per heavy atom. The Kier molecular flexibility index (Phi) is 4.62. The number of ether oxygens (including phenoxy) is 1. The second-order valence-electron chi connectivity index (χ2n) is 8.98. The van der Waals surface area contributed by atoms with Gasteiger partial charge < -0.3 is 15.0 Å². The normalized spacial score (nSPS) is 18.5. The third-order valence-electron chi connectivity index (χ3n) is 6.92. The third kappa shape index (κ3) is 3.32. The highest BCUT2D eigenvalue weighted by Gasteiger charge is 2.37. The van der Waals surface area contributed by atoms with E-state index >= 15 is 0 Å². The number of benzene rings is 3. The van der Waals surface area contributed by atoms with E-state index in [0.717, 1.165) is 48.4 Å². The van der Waals surface area contributed by atoms with Gasteiger partial charge in [-0.15, -0.1) is 0 Å². The van der Waals surface area contributed by atoms with E-state index in [-0.39, 0.29) is 11.5 Å². The molecule has 1 fully saturated rings. The molecule has 3 heterocycles. The van der Waals surface area contributed by atoms with Crippen LogP contribution in [-0.4, -0.2) is 29.5 Å². The Bertz CT molecular complexity index is 1180. The van der Waals surface area contributed by atoms with Crippen molar-refractivity contribution >= 4 is 11.5 Å². The Labute approximate surface area is 188 Å². The van der Waals surface area contributed by atoms with Crippen molar-refractivity contribution in [3.05, 3.63) is 107 Å². The topological polar surface area (TPSA) is 41.6 Å². The number of fused-ring (bicyclic) bond motifs is 2. The summed E-state index contributed by atoms with van der Waals surface area (Å²) in [5, 5.41) is 3.44. The number of para-hydroxylation sites is 1. The second kappa shape index (κ2) is 7.64. The van der Waals surface area contributed by atoms with Crippen molar-refractivity contribution in [2.24, 2.45) is 0 Å². The van der Waals surface area contributed by atoms with Crippen molar-refractivity contribution in [2.75, 3.05) is 13.1 Å². The predicted octanol–water partition coefficient (Wildman–Crippen LogP) is 4.79. The average Bonchev–Trinajstić information content (AvgIpc) is 3.28. The highest BCUT2D eigenvalue weighted by molar-refractivity contribution is 5.95. The number of carbonyl (C=O) groups excluding carboxylic acids is 1. The summed E-state index contributed by atoms with van der Waals surface area (Å²) in [7, 11) is 0. The largest absolute Gasteiger partial charge is 0.482 e. The molecule has 3 aliphatic rings. The summed E-state index contributed by atoms with van der Waals surface area (Å²) in [5.41, 5.74) is 6.40. The quantitative estimate of drug-likeness (QED) is 0.646. The molecule has 3 aromatic rings. The number of hydrogen-bond acceptors (Lipinski definition) is 3. The standard InChI is InChI=1S/C28H26N2O2/c31-27(30-18-22-5-1-2-6-23(22)19-30)21-11-9-20(10-12-21)25-17-28(13-15-29-16-14-28)32-26-8-4-3-7-24(25)26/h1-12,17,29H,13-16,18-19H2. The number of nitrogens with zero attached hydrogens (tertiary/aromatic N) is 1. The number of piperidine rings is 1. The lowest BCUT2D eigenvalue weighted by molar-refractivity contribution is 0.0751. The molecule has 0 aliphatic carbocycles. The highest BCUT2D eigenvalue weighted by atomic mass is 16.5. The van der Waals surface area contributed by atoms with Gasteiger partial charge in [0.2, 0.25) is 0 Å². The minimum atomic E-state index is -0.259. The maximum Gasteiger partial charge on any atom is 0.254 e. The molecule has 160 valence electrons. The molecule has 1 spiro atoms. The van der Waals surface area contributed by atoms with Crippen molar-refractivity contribution in [1.29, 1.82) is 0 Å². The average molecular weight is 423 g/mol. The fourth-order valence-electron chi connectivity index (χ4n) is 5.15. The summed E-state index contributed by atoms with van der Waals surface area (Å²) < 4.78 is 6.50. The lowest BCUT2D eigenvalue weighted by Crippen LogP contribution is -2.46. The zero-order valence-electron chi connectivity index (χ0n) is 18.0. The lowest BCUT2D eigenvalue weighted by atomic mass is 9.83. The first-order valence-electron chi connectivity index (χ1n) is 11.4. The van der Waals surface area contributed by atoms with Gasteiger partial charge in [-0.1, -0.05) is 54.6 Å². The van der Waals surface area contributed by atoms with Crippen LogP contribution >= 0.6 is 0 Å². The second-order valence-corrected chi connectivity index (χ2v) is 8.98. The number of hydrogen-bond donors (Lipinski definition) is 1. The molecule has 32 heavy (non-hydrogen) atoms. The Morgan fingerprint density at radius 3 is 2.22 bits per heavy atom. The lowest BCUT2D eigenvalue weighted by Gasteiger charge is -2.40. The van der Waals surface area contributed by atoms with Crippen LogP contribution in [0.1, 0.15) is 45.5 Å². The van der Waals surface area contributed by atoms with Crippen molar-refractivity contribution < 1.29 is 9.53 Å². The highest BCUT2D eigenvalue weighted by Crippen LogP contribution is 2.42. The molecule has 1 amide bonds. The van der Waals surface area contributed by atoms with E-state index in [1.165, 1.54) is 16.7 Å². The van der Waals surface area contributed by atoms with Crippen LogP contribution in [-0.2, 0) is 13.1 Å². The third-order valence-corrected chi connectivity index (χ3v) is 6.92. The molecule has 4 nitrogen and oxygen atoms in total. The number of nitrogens with one attached hydrogen (secondary N) is 1. The molecule has 3 aliphatic heterocycles. The summed E-state index contributed by atoms with van der Waals surface area (Å²) in [6.07, 6.45) is 4.22. The Hall–Kier alpha value is -3.37. The first-order chi connectivity index (χ1) is 15.7. The van der Waals surface area contributed by atoms with Crippen LogP contribution in [0.5, 0.6) is 5.75 Å². The molecule has 0 radical (unpaired) electrons. The minimum absolute atomic E-state index is 0.0870. The molecular weight excluding hydrogens is 396 g/mol. The van der Waals surface area contributed by atoms with E-state index < -0.39 is 0 Å². The van der Waals surface area contributed by atoms with Crippen LogP contribution in [0, 0.1) is 0 Å². The van der Waals surface area contributed by atoms with Crippen LogP contribution < -0.4 is 10.1 Å².